The smallest absolute Gasteiger partial charge is 0.126 e. The summed E-state index contributed by atoms with van der Waals surface area (Å²) in [5.74, 6) is 0.522. The van der Waals surface area contributed by atoms with E-state index in [0.717, 1.165) is 11.5 Å². The van der Waals surface area contributed by atoms with Crippen molar-refractivity contribution in [2.75, 3.05) is 7.05 Å². The van der Waals surface area contributed by atoms with Gasteiger partial charge in [0, 0.05) is 5.56 Å². The number of aryl methyl sites for hydroxylation is 1. The van der Waals surface area contributed by atoms with Crippen LogP contribution in [0.15, 0.2) is 18.3 Å². The van der Waals surface area contributed by atoms with Gasteiger partial charge in [-0.15, -0.1) is 0 Å². The van der Waals surface area contributed by atoms with Crippen LogP contribution < -0.4 is 5.32 Å². The molecule has 2 N–H and O–H groups in total. The maximum Gasteiger partial charge on any atom is 0.126 e. The Morgan fingerprint density at radius 1 is 1.47 bits per heavy atom. The van der Waals surface area contributed by atoms with E-state index >= 15 is 0 Å². The highest BCUT2D eigenvalue weighted by atomic mass is 35.5. The molecule has 3 nitrogen and oxygen atoms in total. The summed E-state index contributed by atoms with van der Waals surface area (Å²) in [4.78, 5) is 7.27. The molecule has 2 rings (SSSR count). The lowest BCUT2D eigenvalue weighted by molar-refractivity contribution is 0.619. The van der Waals surface area contributed by atoms with E-state index in [2.05, 4.69) is 15.3 Å². The molecule has 0 aliphatic carbocycles. The van der Waals surface area contributed by atoms with Gasteiger partial charge >= 0.3 is 0 Å². The normalized spacial score (nSPS) is 10.8. The van der Waals surface area contributed by atoms with E-state index in [1.165, 1.54) is 6.07 Å². The van der Waals surface area contributed by atoms with Gasteiger partial charge in [-0.1, -0.05) is 11.6 Å². The quantitative estimate of drug-likeness (QED) is 0.883. The number of halogens is 2. The topological polar surface area (TPSA) is 40.7 Å². The van der Waals surface area contributed by atoms with Crippen molar-refractivity contribution in [3.8, 4) is 11.3 Å². The maximum absolute atomic E-state index is 13.5. The summed E-state index contributed by atoms with van der Waals surface area (Å²) in [7, 11) is 1.83. The number of hydrogen-bond donors (Lipinski definition) is 2. The van der Waals surface area contributed by atoms with Gasteiger partial charge in [0.15, 0.2) is 0 Å². The standard InChI is InChI=1S/C12H13ClFN3/c1-7-3-9(13)8(4-10(7)14)11-5-16-12(17-11)6-15-2/h3-5,15H,6H2,1-2H3,(H,16,17). The summed E-state index contributed by atoms with van der Waals surface area (Å²) >= 11 is 6.09. The van der Waals surface area contributed by atoms with E-state index < -0.39 is 0 Å². The molecule has 0 radical (unpaired) electrons. The molecule has 0 saturated heterocycles. The van der Waals surface area contributed by atoms with E-state index in [4.69, 9.17) is 11.6 Å². The van der Waals surface area contributed by atoms with Gasteiger partial charge in [0.05, 0.1) is 23.5 Å². The van der Waals surface area contributed by atoms with Crippen LogP contribution >= 0.6 is 11.6 Å². The van der Waals surface area contributed by atoms with Crippen molar-refractivity contribution in [2.24, 2.45) is 0 Å². The first kappa shape index (κ1) is 12.1. The Hall–Kier alpha value is -1.39. The highest BCUT2D eigenvalue weighted by molar-refractivity contribution is 6.33. The summed E-state index contributed by atoms with van der Waals surface area (Å²) in [5, 5.41) is 3.50. The van der Waals surface area contributed by atoms with E-state index in [0.29, 0.717) is 22.7 Å². The first-order valence-corrected chi connectivity index (χ1v) is 5.64. The fraction of sp³-hybridized carbons (Fsp3) is 0.250. The Kier molecular flexibility index (Phi) is 3.45. The molecule has 2 aromatic rings. The summed E-state index contributed by atoms with van der Waals surface area (Å²) in [6.45, 7) is 2.32. The summed E-state index contributed by atoms with van der Waals surface area (Å²) in [5.41, 5.74) is 1.89. The van der Waals surface area contributed by atoms with Crippen LogP contribution in [-0.4, -0.2) is 17.0 Å². The molecule has 0 atom stereocenters. The first-order chi connectivity index (χ1) is 8.11. The lowest BCUT2D eigenvalue weighted by Crippen LogP contribution is -2.06. The number of hydrogen-bond acceptors (Lipinski definition) is 2. The lowest BCUT2D eigenvalue weighted by atomic mass is 10.1. The minimum atomic E-state index is -0.269. The van der Waals surface area contributed by atoms with Gasteiger partial charge < -0.3 is 10.3 Å². The molecule has 90 valence electrons. The number of nitrogens with zero attached hydrogens (tertiary/aromatic N) is 1. The van der Waals surface area contributed by atoms with Crippen LogP contribution in [-0.2, 0) is 6.54 Å². The molecule has 0 bridgehead atoms. The molecule has 0 spiro atoms. The molecule has 0 aliphatic rings. The second-order valence-electron chi connectivity index (χ2n) is 3.86. The number of benzene rings is 1. The summed E-state index contributed by atoms with van der Waals surface area (Å²) < 4.78 is 13.5. The molecule has 1 aromatic carbocycles. The fourth-order valence-electron chi connectivity index (χ4n) is 1.61. The van der Waals surface area contributed by atoms with Crippen molar-refractivity contribution in [2.45, 2.75) is 13.5 Å². The zero-order chi connectivity index (χ0) is 12.4. The minimum Gasteiger partial charge on any atom is -0.341 e. The predicted molar refractivity (Wildman–Crippen MR) is 66.5 cm³/mol. The van der Waals surface area contributed by atoms with E-state index in [-0.39, 0.29) is 5.82 Å². The van der Waals surface area contributed by atoms with Gasteiger partial charge in [-0.2, -0.15) is 0 Å². The number of imidazole rings is 1. The number of rotatable bonds is 3. The van der Waals surface area contributed by atoms with Gasteiger partial charge in [-0.25, -0.2) is 9.37 Å². The number of aromatic nitrogens is 2. The Balaban J connectivity index is 2.41. The molecule has 0 aliphatic heterocycles. The van der Waals surface area contributed by atoms with Crippen molar-refractivity contribution in [1.29, 1.82) is 0 Å². The van der Waals surface area contributed by atoms with Crippen LogP contribution in [0, 0.1) is 12.7 Å². The maximum atomic E-state index is 13.5. The molecule has 0 fully saturated rings. The number of H-pyrrole nitrogens is 1. The third-order valence-electron chi connectivity index (χ3n) is 2.51. The molecule has 0 unspecified atom stereocenters. The number of nitrogens with one attached hydrogen (secondary N) is 2. The third kappa shape index (κ3) is 2.48. The zero-order valence-corrected chi connectivity index (χ0v) is 10.4. The third-order valence-corrected chi connectivity index (χ3v) is 2.82. The Labute approximate surface area is 104 Å². The first-order valence-electron chi connectivity index (χ1n) is 5.26. The average molecular weight is 254 g/mol. The second kappa shape index (κ2) is 4.85. The van der Waals surface area contributed by atoms with Gasteiger partial charge in [-0.3, -0.25) is 0 Å². The molecular formula is C12H13ClFN3. The molecule has 1 heterocycles. The SMILES string of the molecule is CNCc1ncc(-c2cc(F)c(C)cc2Cl)[nH]1. The summed E-state index contributed by atoms with van der Waals surface area (Å²) in [6.07, 6.45) is 1.66. The lowest BCUT2D eigenvalue weighted by Gasteiger charge is -2.04. The van der Waals surface area contributed by atoms with E-state index in [9.17, 15) is 4.39 Å². The monoisotopic (exact) mass is 253 g/mol. The van der Waals surface area contributed by atoms with Crippen molar-refractivity contribution in [1.82, 2.24) is 15.3 Å². The zero-order valence-electron chi connectivity index (χ0n) is 9.64. The average Bonchev–Trinajstić information content (AvgIpc) is 2.72. The Morgan fingerprint density at radius 2 is 2.24 bits per heavy atom. The predicted octanol–water partition coefficient (Wildman–Crippen LogP) is 2.90. The van der Waals surface area contributed by atoms with Gasteiger partial charge in [0.2, 0.25) is 0 Å². The molecule has 5 heteroatoms. The van der Waals surface area contributed by atoms with Crippen molar-refractivity contribution in [3.05, 3.63) is 40.6 Å². The van der Waals surface area contributed by atoms with Crippen molar-refractivity contribution >= 4 is 11.6 Å². The Bertz CT molecular complexity index is 537. The van der Waals surface area contributed by atoms with Crippen molar-refractivity contribution < 1.29 is 4.39 Å². The van der Waals surface area contributed by atoms with E-state index in [1.54, 1.807) is 19.2 Å². The largest absolute Gasteiger partial charge is 0.341 e. The van der Waals surface area contributed by atoms with Gasteiger partial charge in [-0.05, 0) is 31.7 Å². The van der Waals surface area contributed by atoms with Gasteiger partial charge in [0.1, 0.15) is 11.6 Å². The van der Waals surface area contributed by atoms with Crippen molar-refractivity contribution in [3.63, 3.8) is 0 Å². The van der Waals surface area contributed by atoms with Crippen LogP contribution in [0.3, 0.4) is 0 Å². The van der Waals surface area contributed by atoms with E-state index in [1.807, 2.05) is 7.05 Å². The summed E-state index contributed by atoms with van der Waals surface area (Å²) in [6, 6.07) is 3.04. The molecule has 0 amide bonds. The van der Waals surface area contributed by atoms with Crippen LogP contribution in [0.1, 0.15) is 11.4 Å². The van der Waals surface area contributed by atoms with Crippen LogP contribution in [0.5, 0.6) is 0 Å². The number of aromatic amines is 1. The molecule has 0 saturated carbocycles. The van der Waals surface area contributed by atoms with Crippen LogP contribution in [0.2, 0.25) is 5.02 Å². The second-order valence-corrected chi connectivity index (χ2v) is 4.26. The van der Waals surface area contributed by atoms with Crippen LogP contribution in [0.25, 0.3) is 11.3 Å². The molecular weight excluding hydrogens is 241 g/mol. The molecule has 1 aromatic heterocycles. The highest BCUT2D eigenvalue weighted by Gasteiger charge is 2.10. The fourth-order valence-corrected chi connectivity index (χ4v) is 1.93. The van der Waals surface area contributed by atoms with Gasteiger partial charge in [0.25, 0.3) is 0 Å². The molecule has 17 heavy (non-hydrogen) atoms. The van der Waals surface area contributed by atoms with Crippen LogP contribution in [0.4, 0.5) is 4.39 Å². The minimum absolute atomic E-state index is 0.269. The highest BCUT2D eigenvalue weighted by Crippen LogP contribution is 2.28. The Morgan fingerprint density at radius 3 is 2.94 bits per heavy atom.